The molecule has 0 aromatic heterocycles. The number of nitrogens with two attached hydrogens (primary N) is 1. The monoisotopic (exact) mass is 284 g/mol. The lowest BCUT2D eigenvalue weighted by molar-refractivity contribution is -0.121. The Balaban J connectivity index is 2.08. The Labute approximate surface area is 121 Å². The van der Waals surface area contributed by atoms with Gasteiger partial charge in [-0.1, -0.05) is 12.8 Å². The highest BCUT2D eigenvalue weighted by atomic mass is 16.5. The Bertz CT molecular complexity index is 314. The van der Waals surface area contributed by atoms with Crippen molar-refractivity contribution < 1.29 is 9.53 Å². The van der Waals surface area contributed by atoms with Crippen LogP contribution in [-0.4, -0.2) is 44.7 Å². The van der Waals surface area contributed by atoms with Crippen molar-refractivity contribution >= 4 is 11.9 Å². The molecule has 20 heavy (non-hydrogen) atoms. The third-order valence-corrected chi connectivity index (χ3v) is 3.48. The Morgan fingerprint density at radius 3 is 2.80 bits per heavy atom. The van der Waals surface area contributed by atoms with Crippen LogP contribution in [0.3, 0.4) is 0 Å². The molecule has 1 aliphatic carbocycles. The van der Waals surface area contributed by atoms with E-state index in [-0.39, 0.29) is 11.9 Å². The quantitative estimate of drug-likeness (QED) is 0.346. The first-order chi connectivity index (χ1) is 9.61. The number of guanidine groups is 1. The molecular formula is C14H28N4O2. The second kappa shape index (κ2) is 9.58. The Kier molecular flexibility index (Phi) is 8.02. The lowest BCUT2D eigenvalue weighted by Gasteiger charge is -2.13. The van der Waals surface area contributed by atoms with Crippen molar-refractivity contribution in [2.45, 2.75) is 45.1 Å². The Morgan fingerprint density at radius 1 is 1.45 bits per heavy atom. The molecule has 0 bridgehead atoms. The smallest absolute Gasteiger partial charge is 0.220 e. The molecule has 1 rings (SSSR count). The van der Waals surface area contributed by atoms with Gasteiger partial charge in [0.25, 0.3) is 0 Å². The van der Waals surface area contributed by atoms with Gasteiger partial charge in [0.2, 0.25) is 5.91 Å². The van der Waals surface area contributed by atoms with E-state index in [0.717, 1.165) is 0 Å². The maximum absolute atomic E-state index is 11.7. The molecule has 1 fully saturated rings. The SMILES string of the molecule is COCC(C)NC(N)=NCCNC(=O)CC1CCCC1. The van der Waals surface area contributed by atoms with Crippen molar-refractivity contribution in [3.05, 3.63) is 0 Å². The number of nitrogens with zero attached hydrogens (tertiary/aromatic N) is 1. The van der Waals surface area contributed by atoms with E-state index >= 15 is 0 Å². The molecule has 0 heterocycles. The molecule has 116 valence electrons. The summed E-state index contributed by atoms with van der Waals surface area (Å²) in [6.45, 7) is 3.57. The van der Waals surface area contributed by atoms with Crippen molar-refractivity contribution in [2.24, 2.45) is 16.6 Å². The van der Waals surface area contributed by atoms with E-state index in [2.05, 4.69) is 15.6 Å². The highest BCUT2D eigenvalue weighted by Crippen LogP contribution is 2.27. The predicted octanol–water partition coefficient (Wildman–Crippen LogP) is 0.622. The van der Waals surface area contributed by atoms with Crippen LogP contribution in [0.2, 0.25) is 0 Å². The number of ether oxygens (including phenoxy) is 1. The van der Waals surface area contributed by atoms with E-state index in [1.807, 2.05) is 6.92 Å². The molecule has 0 radical (unpaired) electrons. The van der Waals surface area contributed by atoms with Crippen LogP contribution in [0.25, 0.3) is 0 Å². The summed E-state index contributed by atoms with van der Waals surface area (Å²) in [7, 11) is 1.64. The second-order valence-electron chi connectivity index (χ2n) is 5.47. The average Bonchev–Trinajstić information content (AvgIpc) is 2.87. The van der Waals surface area contributed by atoms with Gasteiger partial charge in [-0.3, -0.25) is 9.79 Å². The van der Waals surface area contributed by atoms with Gasteiger partial charge in [-0.15, -0.1) is 0 Å². The second-order valence-corrected chi connectivity index (χ2v) is 5.47. The largest absolute Gasteiger partial charge is 0.383 e. The molecule has 1 saturated carbocycles. The van der Waals surface area contributed by atoms with Crippen molar-refractivity contribution in [1.82, 2.24) is 10.6 Å². The van der Waals surface area contributed by atoms with Crippen LogP contribution in [-0.2, 0) is 9.53 Å². The molecule has 0 aromatic carbocycles. The number of nitrogens with one attached hydrogen (secondary N) is 2. The molecule has 0 aliphatic heterocycles. The number of methoxy groups -OCH3 is 1. The first-order valence-electron chi connectivity index (χ1n) is 7.44. The lowest BCUT2D eigenvalue weighted by atomic mass is 10.0. The third-order valence-electron chi connectivity index (χ3n) is 3.48. The highest BCUT2D eigenvalue weighted by molar-refractivity contribution is 5.78. The van der Waals surface area contributed by atoms with Gasteiger partial charge in [-0.2, -0.15) is 0 Å². The molecule has 1 unspecified atom stereocenters. The summed E-state index contributed by atoms with van der Waals surface area (Å²) < 4.78 is 4.99. The van der Waals surface area contributed by atoms with Crippen molar-refractivity contribution in [1.29, 1.82) is 0 Å². The molecule has 6 heteroatoms. The maximum Gasteiger partial charge on any atom is 0.220 e. The summed E-state index contributed by atoms with van der Waals surface area (Å²) in [6, 6.07) is 0.126. The molecule has 1 amide bonds. The zero-order chi connectivity index (χ0) is 14.8. The number of carbonyl (C=O) groups is 1. The minimum absolute atomic E-state index is 0.126. The van der Waals surface area contributed by atoms with E-state index in [9.17, 15) is 4.79 Å². The predicted molar refractivity (Wildman–Crippen MR) is 80.5 cm³/mol. The Hall–Kier alpha value is -1.30. The molecule has 0 spiro atoms. The standard InChI is InChI=1S/C14H28N4O2/c1-11(10-20-2)18-14(15)17-8-7-16-13(19)9-12-5-3-4-6-12/h11-12H,3-10H2,1-2H3,(H,16,19)(H3,15,17,18). The lowest BCUT2D eigenvalue weighted by Crippen LogP contribution is -2.41. The maximum atomic E-state index is 11.7. The average molecular weight is 284 g/mol. The number of aliphatic imine (C=N–C) groups is 1. The fourth-order valence-corrected chi connectivity index (χ4v) is 2.51. The van der Waals surface area contributed by atoms with Crippen LogP contribution in [0.15, 0.2) is 4.99 Å². The van der Waals surface area contributed by atoms with Crippen molar-refractivity contribution in [3.63, 3.8) is 0 Å². The first-order valence-corrected chi connectivity index (χ1v) is 7.44. The molecule has 1 aliphatic rings. The van der Waals surface area contributed by atoms with Crippen molar-refractivity contribution in [2.75, 3.05) is 26.8 Å². The van der Waals surface area contributed by atoms with Gasteiger partial charge in [-0.05, 0) is 25.7 Å². The number of carbonyl (C=O) groups excluding carboxylic acids is 1. The minimum Gasteiger partial charge on any atom is -0.383 e. The minimum atomic E-state index is 0.126. The summed E-state index contributed by atoms with van der Waals surface area (Å²) in [5.41, 5.74) is 5.72. The van der Waals surface area contributed by atoms with E-state index < -0.39 is 0 Å². The first kappa shape index (κ1) is 16.8. The number of hydrogen-bond acceptors (Lipinski definition) is 3. The molecule has 0 aromatic rings. The fraction of sp³-hybridized carbons (Fsp3) is 0.857. The molecule has 1 atom stereocenters. The molecule has 6 nitrogen and oxygen atoms in total. The van der Waals surface area contributed by atoms with E-state index in [1.165, 1.54) is 25.7 Å². The fourth-order valence-electron chi connectivity index (χ4n) is 2.51. The van der Waals surface area contributed by atoms with Gasteiger partial charge in [0.1, 0.15) is 0 Å². The van der Waals surface area contributed by atoms with Gasteiger partial charge >= 0.3 is 0 Å². The molecular weight excluding hydrogens is 256 g/mol. The van der Waals surface area contributed by atoms with Gasteiger partial charge < -0.3 is 21.1 Å². The zero-order valence-electron chi connectivity index (χ0n) is 12.7. The molecule has 0 saturated heterocycles. The number of amides is 1. The van der Waals surface area contributed by atoms with Gasteiger partial charge in [-0.25, -0.2) is 0 Å². The van der Waals surface area contributed by atoms with Crippen LogP contribution in [0.4, 0.5) is 0 Å². The highest BCUT2D eigenvalue weighted by Gasteiger charge is 2.17. The summed E-state index contributed by atoms with van der Waals surface area (Å²) in [5, 5.41) is 5.91. The van der Waals surface area contributed by atoms with Gasteiger partial charge in [0, 0.05) is 26.1 Å². The Morgan fingerprint density at radius 2 is 2.15 bits per heavy atom. The van der Waals surface area contributed by atoms with E-state index in [1.54, 1.807) is 7.11 Å². The van der Waals surface area contributed by atoms with Gasteiger partial charge in [0.05, 0.1) is 13.2 Å². The third kappa shape index (κ3) is 7.33. The van der Waals surface area contributed by atoms with Crippen LogP contribution in [0.1, 0.15) is 39.0 Å². The molecule has 4 N–H and O–H groups in total. The van der Waals surface area contributed by atoms with Crippen molar-refractivity contribution in [3.8, 4) is 0 Å². The summed E-state index contributed by atoms with van der Waals surface area (Å²) in [4.78, 5) is 15.8. The number of hydrogen-bond donors (Lipinski definition) is 3. The summed E-state index contributed by atoms with van der Waals surface area (Å²) in [6.07, 6.45) is 5.58. The van der Waals surface area contributed by atoms with Crippen LogP contribution >= 0.6 is 0 Å². The number of rotatable bonds is 8. The van der Waals surface area contributed by atoms with Crippen LogP contribution < -0.4 is 16.4 Å². The summed E-state index contributed by atoms with van der Waals surface area (Å²) in [5.74, 6) is 1.10. The van der Waals surface area contributed by atoms with Gasteiger partial charge in [0.15, 0.2) is 5.96 Å². The zero-order valence-corrected chi connectivity index (χ0v) is 12.7. The topological polar surface area (TPSA) is 88.7 Å². The van der Waals surface area contributed by atoms with Crippen LogP contribution in [0, 0.1) is 5.92 Å². The van der Waals surface area contributed by atoms with E-state index in [0.29, 0.717) is 38.0 Å². The normalized spacial score (nSPS) is 18.0. The van der Waals surface area contributed by atoms with E-state index in [4.69, 9.17) is 10.5 Å². The summed E-state index contributed by atoms with van der Waals surface area (Å²) >= 11 is 0. The van der Waals surface area contributed by atoms with Crippen LogP contribution in [0.5, 0.6) is 0 Å².